The molecule has 0 spiro atoms. The van der Waals surface area contributed by atoms with E-state index in [2.05, 4.69) is 22.6 Å². The zero-order valence-electron chi connectivity index (χ0n) is 11.7. The number of carbonyl (C=O) groups excluding carboxylic acids is 1. The molecule has 2 aromatic rings. The maximum Gasteiger partial charge on any atom is 0.270 e. The Hall–Kier alpha value is -1.03. The molecule has 4 nitrogen and oxygen atoms in total. The van der Waals surface area contributed by atoms with E-state index in [1.54, 1.807) is 30.3 Å². The number of anilines is 1. The van der Waals surface area contributed by atoms with Gasteiger partial charge in [-0.1, -0.05) is 35.6 Å². The minimum absolute atomic E-state index is 0.201. The number of amides is 1. The molecule has 1 aliphatic heterocycles. The number of furan rings is 1. The van der Waals surface area contributed by atoms with Gasteiger partial charge in [-0.2, -0.15) is 0 Å². The number of carbonyl (C=O) groups is 1. The predicted molar refractivity (Wildman–Crippen MR) is 105 cm³/mol. The van der Waals surface area contributed by atoms with Crippen molar-refractivity contribution in [2.75, 3.05) is 12.0 Å². The SMILES string of the molecule is COc1ccc(N2C(=O)/C(=C/c3ccc(I)o3)SC2=S)cc1Cl. The molecule has 1 amide bonds. The highest BCUT2D eigenvalue weighted by Crippen LogP contribution is 2.38. The number of benzene rings is 1. The van der Waals surface area contributed by atoms with Crippen LogP contribution in [0.2, 0.25) is 5.02 Å². The molecule has 1 aromatic carbocycles. The maximum atomic E-state index is 12.6. The highest BCUT2D eigenvalue weighted by molar-refractivity contribution is 14.1. The molecule has 3 rings (SSSR count). The zero-order chi connectivity index (χ0) is 16.6. The summed E-state index contributed by atoms with van der Waals surface area (Å²) in [5.74, 6) is 0.955. The second-order valence-electron chi connectivity index (χ2n) is 4.48. The van der Waals surface area contributed by atoms with Crippen molar-refractivity contribution >= 4 is 80.2 Å². The Balaban J connectivity index is 1.92. The normalized spacial score (nSPS) is 16.5. The molecule has 0 N–H and O–H groups in total. The van der Waals surface area contributed by atoms with Gasteiger partial charge in [0.15, 0.2) is 8.09 Å². The van der Waals surface area contributed by atoms with Gasteiger partial charge in [-0.05, 0) is 52.9 Å². The minimum Gasteiger partial charge on any atom is -0.495 e. The number of nitrogens with zero attached hydrogens (tertiary/aromatic N) is 1. The lowest BCUT2D eigenvalue weighted by molar-refractivity contribution is -0.113. The summed E-state index contributed by atoms with van der Waals surface area (Å²) >= 11 is 14.8. The molecule has 118 valence electrons. The van der Waals surface area contributed by atoms with Crippen LogP contribution in [-0.2, 0) is 4.79 Å². The Morgan fingerprint density at radius 2 is 2.17 bits per heavy atom. The van der Waals surface area contributed by atoms with Crippen molar-refractivity contribution in [2.45, 2.75) is 0 Å². The molecule has 0 aliphatic carbocycles. The summed E-state index contributed by atoms with van der Waals surface area (Å²) in [5.41, 5.74) is 0.607. The first kappa shape index (κ1) is 16.8. The van der Waals surface area contributed by atoms with Crippen LogP contribution in [0.15, 0.2) is 39.7 Å². The smallest absolute Gasteiger partial charge is 0.270 e. The molecule has 1 saturated heterocycles. The van der Waals surface area contributed by atoms with E-state index in [1.165, 1.54) is 23.8 Å². The minimum atomic E-state index is -0.201. The summed E-state index contributed by atoms with van der Waals surface area (Å²) in [6.45, 7) is 0. The van der Waals surface area contributed by atoms with Gasteiger partial charge >= 0.3 is 0 Å². The van der Waals surface area contributed by atoms with Crippen LogP contribution in [-0.4, -0.2) is 17.3 Å². The third-order valence-corrected chi connectivity index (χ3v) is 5.23. The molecule has 0 radical (unpaired) electrons. The highest BCUT2D eigenvalue weighted by Gasteiger charge is 2.33. The third-order valence-electron chi connectivity index (χ3n) is 3.05. The van der Waals surface area contributed by atoms with E-state index in [1.807, 2.05) is 6.07 Å². The van der Waals surface area contributed by atoms with Crippen molar-refractivity contribution in [1.29, 1.82) is 0 Å². The second-order valence-corrected chi connectivity index (χ2v) is 7.62. The second kappa shape index (κ2) is 6.84. The molecular formula is C15H9ClINO3S2. The standard InChI is InChI=1S/C15H9ClINO3S2/c1-20-11-4-2-8(6-10(11)16)18-14(19)12(23-15(18)22)7-9-3-5-13(17)21-9/h2-7H,1H3/b12-7-. The van der Waals surface area contributed by atoms with Gasteiger partial charge in [0.05, 0.1) is 22.7 Å². The lowest BCUT2D eigenvalue weighted by atomic mass is 10.2. The number of rotatable bonds is 3. The largest absolute Gasteiger partial charge is 0.495 e. The van der Waals surface area contributed by atoms with E-state index in [0.29, 0.717) is 31.4 Å². The summed E-state index contributed by atoms with van der Waals surface area (Å²) in [7, 11) is 1.54. The van der Waals surface area contributed by atoms with Crippen LogP contribution in [0.25, 0.3) is 6.08 Å². The molecular weight excluding hydrogens is 469 g/mol. The van der Waals surface area contributed by atoms with Gasteiger partial charge in [0.2, 0.25) is 0 Å². The lowest BCUT2D eigenvalue weighted by Crippen LogP contribution is -2.27. The number of hydrogen-bond donors (Lipinski definition) is 0. The molecule has 1 aromatic heterocycles. The third kappa shape index (κ3) is 3.42. The van der Waals surface area contributed by atoms with Gasteiger partial charge in [0.1, 0.15) is 11.5 Å². The summed E-state index contributed by atoms with van der Waals surface area (Å²) in [6.07, 6.45) is 1.69. The van der Waals surface area contributed by atoms with Crippen LogP contribution in [0.4, 0.5) is 5.69 Å². The number of thioether (sulfide) groups is 1. The number of hydrogen-bond acceptors (Lipinski definition) is 5. The number of ether oxygens (including phenoxy) is 1. The molecule has 0 saturated carbocycles. The molecule has 2 heterocycles. The molecule has 0 unspecified atom stereocenters. The van der Waals surface area contributed by atoms with E-state index in [9.17, 15) is 4.79 Å². The topological polar surface area (TPSA) is 42.7 Å². The number of thiocarbonyl (C=S) groups is 1. The Labute approximate surface area is 160 Å². The quantitative estimate of drug-likeness (QED) is 0.355. The highest BCUT2D eigenvalue weighted by atomic mass is 127. The molecule has 1 aliphatic rings. The van der Waals surface area contributed by atoms with Crippen molar-refractivity contribution in [3.63, 3.8) is 0 Å². The molecule has 1 fully saturated rings. The monoisotopic (exact) mass is 477 g/mol. The van der Waals surface area contributed by atoms with Gasteiger partial charge in [0, 0.05) is 6.08 Å². The summed E-state index contributed by atoms with van der Waals surface area (Å²) < 4.78 is 11.8. The predicted octanol–water partition coefficient (Wildman–Crippen LogP) is 4.95. The van der Waals surface area contributed by atoms with Crippen LogP contribution in [0.3, 0.4) is 0 Å². The molecule has 23 heavy (non-hydrogen) atoms. The summed E-state index contributed by atoms with van der Waals surface area (Å²) in [5, 5.41) is 0.420. The summed E-state index contributed by atoms with van der Waals surface area (Å²) in [4.78, 5) is 14.6. The van der Waals surface area contributed by atoms with Crippen LogP contribution in [0.1, 0.15) is 5.76 Å². The van der Waals surface area contributed by atoms with E-state index in [-0.39, 0.29) is 5.91 Å². The Morgan fingerprint density at radius 3 is 2.78 bits per heavy atom. The fourth-order valence-electron chi connectivity index (χ4n) is 2.02. The van der Waals surface area contributed by atoms with E-state index in [0.717, 1.165) is 3.77 Å². The van der Waals surface area contributed by atoms with Crippen molar-refractivity contribution in [2.24, 2.45) is 0 Å². The fraction of sp³-hybridized carbons (Fsp3) is 0.0667. The van der Waals surface area contributed by atoms with Crippen LogP contribution < -0.4 is 9.64 Å². The summed E-state index contributed by atoms with van der Waals surface area (Å²) in [6, 6.07) is 8.74. The lowest BCUT2D eigenvalue weighted by Gasteiger charge is -2.15. The Kier molecular flexibility index (Phi) is 5.00. The fourth-order valence-corrected chi connectivity index (χ4v) is 3.98. The van der Waals surface area contributed by atoms with E-state index in [4.69, 9.17) is 33.0 Å². The average Bonchev–Trinajstić information content (AvgIpc) is 3.03. The van der Waals surface area contributed by atoms with E-state index >= 15 is 0 Å². The van der Waals surface area contributed by atoms with Gasteiger partial charge in [-0.3, -0.25) is 9.69 Å². The first-order valence-corrected chi connectivity index (χ1v) is 9.04. The van der Waals surface area contributed by atoms with Gasteiger partial charge in [-0.15, -0.1) is 0 Å². The van der Waals surface area contributed by atoms with Gasteiger partial charge < -0.3 is 9.15 Å². The van der Waals surface area contributed by atoms with Crippen LogP contribution >= 0.6 is 58.2 Å². The van der Waals surface area contributed by atoms with Crippen molar-refractivity contribution in [3.8, 4) is 5.75 Å². The number of halogens is 2. The van der Waals surface area contributed by atoms with Crippen LogP contribution in [0.5, 0.6) is 5.75 Å². The molecule has 8 heteroatoms. The Bertz CT molecular complexity index is 834. The molecule has 0 atom stereocenters. The van der Waals surface area contributed by atoms with Gasteiger partial charge in [0.25, 0.3) is 5.91 Å². The maximum absolute atomic E-state index is 12.6. The van der Waals surface area contributed by atoms with Crippen LogP contribution in [0, 0.1) is 3.77 Å². The Morgan fingerprint density at radius 1 is 1.39 bits per heavy atom. The van der Waals surface area contributed by atoms with E-state index < -0.39 is 0 Å². The van der Waals surface area contributed by atoms with Crippen molar-refractivity contribution < 1.29 is 13.9 Å². The van der Waals surface area contributed by atoms with Crippen molar-refractivity contribution in [1.82, 2.24) is 0 Å². The first-order valence-electron chi connectivity index (χ1n) is 6.36. The zero-order valence-corrected chi connectivity index (χ0v) is 16.3. The number of methoxy groups -OCH3 is 1. The average molecular weight is 478 g/mol. The first-order chi connectivity index (χ1) is 11.0. The van der Waals surface area contributed by atoms with Crippen molar-refractivity contribution in [3.05, 3.63) is 49.8 Å². The molecule has 0 bridgehead atoms. The van der Waals surface area contributed by atoms with Gasteiger partial charge in [-0.25, -0.2) is 0 Å².